The highest BCUT2D eigenvalue weighted by Gasteiger charge is 2.13. The van der Waals surface area contributed by atoms with E-state index in [1.54, 1.807) is 11.4 Å². The minimum Gasteiger partial charge on any atom is -0.456 e. The van der Waals surface area contributed by atoms with Gasteiger partial charge in [-0.1, -0.05) is 28.1 Å². The van der Waals surface area contributed by atoms with Crippen LogP contribution >= 0.6 is 27.3 Å². The first-order valence-corrected chi connectivity index (χ1v) is 10.2. The number of benzene rings is 1. The molecule has 1 N–H and O–H groups in total. The molecule has 9 heteroatoms. The zero-order chi connectivity index (χ0) is 20.1. The van der Waals surface area contributed by atoms with Crippen LogP contribution in [-0.2, 0) is 20.9 Å². The third-order valence-electron chi connectivity index (χ3n) is 4.12. The summed E-state index contributed by atoms with van der Waals surface area (Å²) < 4.78 is 7.32. The molecule has 0 aliphatic heterocycles. The zero-order valence-corrected chi connectivity index (χ0v) is 17.5. The number of aryl methyl sites for hydroxylation is 1. The number of fused-ring (bicyclic) bond motifs is 1. The number of esters is 1. The molecular weight excluding hydrogens is 446 g/mol. The third kappa shape index (κ3) is 5.05. The Hall–Kier alpha value is -2.52. The number of amides is 1. The second-order valence-electron chi connectivity index (χ2n) is 6.13. The van der Waals surface area contributed by atoms with E-state index in [1.165, 1.54) is 22.2 Å². The smallest absolute Gasteiger partial charge is 0.308 e. The summed E-state index contributed by atoms with van der Waals surface area (Å²) in [6.45, 7) is 1.63. The highest BCUT2D eigenvalue weighted by atomic mass is 79.9. The standard InChI is InChI=1S/C19H18BrN3O4S/c1-12(13-2-4-14(20)5-3-13)22-16(24)10-27-17(25)6-8-23-11-21-18-15(19(23)26)7-9-28-18/h2-5,7,9,11-12H,6,8,10H2,1H3,(H,22,24). The fourth-order valence-electron chi connectivity index (χ4n) is 2.60. The SMILES string of the molecule is CC(NC(=O)COC(=O)CCn1cnc2sccc2c1=O)c1ccc(Br)cc1. The molecule has 1 amide bonds. The lowest BCUT2D eigenvalue weighted by Gasteiger charge is -2.14. The summed E-state index contributed by atoms with van der Waals surface area (Å²) in [6, 6.07) is 9.08. The molecule has 2 heterocycles. The molecule has 0 bridgehead atoms. The van der Waals surface area contributed by atoms with Crippen LogP contribution in [0.3, 0.4) is 0 Å². The fourth-order valence-corrected chi connectivity index (χ4v) is 3.59. The number of thiophene rings is 1. The summed E-state index contributed by atoms with van der Waals surface area (Å²) in [5.41, 5.74) is 0.749. The zero-order valence-electron chi connectivity index (χ0n) is 15.1. The van der Waals surface area contributed by atoms with Gasteiger partial charge in [0.15, 0.2) is 6.61 Å². The molecule has 1 unspecified atom stereocenters. The lowest BCUT2D eigenvalue weighted by Crippen LogP contribution is -2.31. The number of hydrogen-bond acceptors (Lipinski definition) is 6. The molecule has 0 aliphatic carbocycles. The average Bonchev–Trinajstić information content (AvgIpc) is 3.16. The first kappa shape index (κ1) is 20.2. The summed E-state index contributed by atoms with van der Waals surface area (Å²) in [6.07, 6.45) is 1.40. The van der Waals surface area contributed by atoms with Crippen molar-refractivity contribution >= 4 is 49.4 Å². The molecule has 28 heavy (non-hydrogen) atoms. The summed E-state index contributed by atoms with van der Waals surface area (Å²) in [7, 11) is 0. The van der Waals surface area contributed by atoms with Crippen molar-refractivity contribution in [2.75, 3.05) is 6.61 Å². The molecular formula is C19H18BrN3O4S. The Kier molecular flexibility index (Phi) is 6.58. The minimum absolute atomic E-state index is 0.0211. The van der Waals surface area contributed by atoms with Gasteiger partial charge in [0.1, 0.15) is 4.83 Å². The summed E-state index contributed by atoms with van der Waals surface area (Å²) in [4.78, 5) is 41.0. The van der Waals surface area contributed by atoms with Crippen LogP contribution in [0.2, 0.25) is 0 Å². The van der Waals surface area contributed by atoms with Crippen molar-refractivity contribution in [1.82, 2.24) is 14.9 Å². The van der Waals surface area contributed by atoms with Gasteiger partial charge in [-0.25, -0.2) is 4.98 Å². The lowest BCUT2D eigenvalue weighted by atomic mass is 10.1. The minimum atomic E-state index is -0.552. The Balaban J connectivity index is 1.45. The van der Waals surface area contributed by atoms with Crippen LogP contribution in [0.4, 0.5) is 0 Å². The number of hydrogen-bond donors (Lipinski definition) is 1. The number of halogens is 1. The molecule has 0 saturated carbocycles. The molecule has 146 valence electrons. The molecule has 2 aromatic heterocycles. The van der Waals surface area contributed by atoms with Crippen LogP contribution in [0.5, 0.6) is 0 Å². The van der Waals surface area contributed by atoms with Crippen molar-refractivity contribution < 1.29 is 14.3 Å². The van der Waals surface area contributed by atoms with E-state index in [0.29, 0.717) is 10.2 Å². The van der Waals surface area contributed by atoms with Gasteiger partial charge in [-0.05, 0) is 36.1 Å². The molecule has 1 atom stereocenters. The van der Waals surface area contributed by atoms with Crippen LogP contribution < -0.4 is 10.9 Å². The Bertz CT molecular complexity index is 1050. The first-order valence-electron chi connectivity index (χ1n) is 8.57. The van der Waals surface area contributed by atoms with Crippen molar-refractivity contribution in [3.05, 3.63) is 62.4 Å². The molecule has 3 rings (SSSR count). The fraction of sp³-hybridized carbons (Fsp3) is 0.263. The summed E-state index contributed by atoms with van der Waals surface area (Å²) >= 11 is 4.75. The molecule has 0 radical (unpaired) electrons. The third-order valence-corrected chi connectivity index (χ3v) is 5.47. The molecule has 0 fully saturated rings. The van der Waals surface area contributed by atoms with Crippen LogP contribution in [0.1, 0.15) is 24.9 Å². The van der Waals surface area contributed by atoms with Gasteiger partial charge in [0.05, 0.1) is 24.2 Å². The topological polar surface area (TPSA) is 90.3 Å². The van der Waals surface area contributed by atoms with E-state index < -0.39 is 5.97 Å². The van der Waals surface area contributed by atoms with E-state index in [1.807, 2.05) is 31.2 Å². The molecule has 0 aliphatic rings. The van der Waals surface area contributed by atoms with E-state index in [9.17, 15) is 14.4 Å². The second-order valence-corrected chi connectivity index (χ2v) is 7.94. The van der Waals surface area contributed by atoms with Gasteiger partial charge >= 0.3 is 5.97 Å². The van der Waals surface area contributed by atoms with Crippen molar-refractivity contribution in [3.8, 4) is 0 Å². The molecule has 1 aromatic carbocycles. The van der Waals surface area contributed by atoms with Crippen LogP contribution in [0, 0.1) is 0 Å². The lowest BCUT2D eigenvalue weighted by molar-refractivity contribution is -0.148. The van der Waals surface area contributed by atoms with E-state index >= 15 is 0 Å². The first-order chi connectivity index (χ1) is 13.4. The van der Waals surface area contributed by atoms with Crippen molar-refractivity contribution in [2.45, 2.75) is 25.9 Å². The van der Waals surface area contributed by atoms with Crippen molar-refractivity contribution in [2.24, 2.45) is 0 Å². The number of aromatic nitrogens is 2. The van der Waals surface area contributed by atoms with Gasteiger partial charge in [-0.15, -0.1) is 11.3 Å². The van der Waals surface area contributed by atoms with Crippen molar-refractivity contribution in [1.29, 1.82) is 0 Å². The maximum atomic E-state index is 12.3. The number of ether oxygens (including phenoxy) is 1. The summed E-state index contributed by atoms with van der Waals surface area (Å²) in [5.74, 6) is -0.939. The molecule has 0 spiro atoms. The van der Waals surface area contributed by atoms with Crippen LogP contribution in [0.25, 0.3) is 10.2 Å². The predicted molar refractivity (Wildman–Crippen MR) is 110 cm³/mol. The Labute approximate surface area is 173 Å². The van der Waals surface area contributed by atoms with Gasteiger partial charge < -0.3 is 10.1 Å². The van der Waals surface area contributed by atoms with E-state index in [0.717, 1.165) is 10.0 Å². The normalized spacial score (nSPS) is 11.9. The van der Waals surface area contributed by atoms with Gasteiger partial charge in [0.25, 0.3) is 11.5 Å². The second kappa shape index (κ2) is 9.11. The Morgan fingerprint density at radius 1 is 1.29 bits per heavy atom. The molecule has 3 aromatic rings. The Morgan fingerprint density at radius 2 is 2.04 bits per heavy atom. The molecule has 7 nitrogen and oxygen atoms in total. The van der Waals surface area contributed by atoms with E-state index in [2.05, 4.69) is 26.2 Å². The van der Waals surface area contributed by atoms with Gasteiger partial charge in [-0.3, -0.25) is 19.0 Å². The maximum Gasteiger partial charge on any atom is 0.308 e. The van der Waals surface area contributed by atoms with Gasteiger partial charge in [-0.2, -0.15) is 0 Å². The van der Waals surface area contributed by atoms with Crippen LogP contribution in [0.15, 0.2) is 51.3 Å². The summed E-state index contributed by atoms with van der Waals surface area (Å²) in [5, 5.41) is 5.10. The molecule has 0 saturated heterocycles. The Morgan fingerprint density at radius 3 is 2.79 bits per heavy atom. The highest BCUT2D eigenvalue weighted by molar-refractivity contribution is 9.10. The van der Waals surface area contributed by atoms with E-state index in [4.69, 9.17) is 4.74 Å². The average molecular weight is 464 g/mol. The number of nitrogens with one attached hydrogen (secondary N) is 1. The number of carbonyl (C=O) groups is 2. The predicted octanol–water partition coefficient (Wildman–Crippen LogP) is 3.03. The number of rotatable bonds is 7. The van der Waals surface area contributed by atoms with Gasteiger partial charge in [0, 0.05) is 11.0 Å². The highest BCUT2D eigenvalue weighted by Crippen LogP contribution is 2.16. The van der Waals surface area contributed by atoms with Crippen molar-refractivity contribution in [3.63, 3.8) is 0 Å². The van der Waals surface area contributed by atoms with E-state index in [-0.39, 0.29) is 37.1 Å². The quantitative estimate of drug-likeness (QED) is 0.543. The monoisotopic (exact) mass is 463 g/mol. The number of carbonyl (C=O) groups excluding carboxylic acids is 2. The van der Waals surface area contributed by atoms with Gasteiger partial charge in [0.2, 0.25) is 0 Å². The number of nitrogens with zero attached hydrogens (tertiary/aromatic N) is 2. The van der Waals surface area contributed by atoms with Crippen LogP contribution in [-0.4, -0.2) is 28.0 Å². The maximum absolute atomic E-state index is 12.3. The largest absolute Gasteiger partial charge is 0.456 e.